The molecule has 0 aliphatic heterocycles. The van der Waals surface area contributed by atoms with Crippen LogP contribution in [0.3, 0.4) is 0 Å². The monoisotopic (exact) mass is 621 g/mol. The number of rotatable bonds is 3. The molecule has 0 atom stereocenters. The maximum atomic E-state index is 10.6. The molecule has 1 saturated carbocycles. The fourth-order valence-electron chi connectivity index (χ4n) is 5.61. The lowest BCUT2D eigenvalue weighted by Gasteiger charge is -2.17. The standard InChI is InChI=1S/C33B9N9/c34-25-13(4-46)28(37)22(29(38)14(25)5-47)10(1-43)19-20(11(2-44)23-30(39)15(6-48)26(35)16(7-49)31(23)40)21(19)12(3-45)24-32(41)17(8-50)27(36)18(9-51)33(24)42. The molecule has 3 aromatic carbocycles. The summed E-state index contributed by atoms with van der Waals surface area (Å²) in [5, 5.41) is 90.7. The van der Waals surface area contributed by atoms with E-state index in [9.17, 15) is 47.4 Å². The molecule has 204 valence electrons. The maximum absolute atomic E-state index is 10.6. The van der Waals surface area contributed by atoms with E-state index in [1.54, 1.807) is 36.4 Å². The van der Waals surface area contributed by atoms with Crippen LogP contribution in [0.1, 0.15) is 50.1 Å². The van der Waals surface area contributed by atoms with Gasteiger partial charge in [0.05, 0.1) is 53.1 Å². The first-order valence-electron chi connectivity index (χ1n) is 13.6. The highest BCUT2D eigenvalue weighted by Gasteiger charge is 2.43. The van der Waals surface area contributed by atoms with Crippen LogP contribution in [0.2, 0.25) is 0 Å². The molecule has 0 bridgehead atoms. The van der Waals surface area contributed by atoms with E-state index in [2.05, 4.69) is 0 Å². The molecule has 0 unspecified atom stereocenters. The molecule has 0 aromatic heterocycles. The van der Waals surface area contributed by atoms with Gasteiger partial charge < -0.3 is 0 Å². The van der Waals surface area contributed by atoms with Crippen molar-refractivity contribution in [3.8, 4) is 54.6 Å². The van der Waals surface area contributed by atoms with E-state index in [-0.39, 0.29) is 49.8 Å². The zero-order chi connectivity index (χ0) is 38.2. The van der Waals surface area contributed by atoms with Crippen molar-refractivity contribution in [2.45, 2.75) is 0 Å². The van der Waals surface area contributed by atoms with E-state index in [4.69, 9.17) is 70.6 Å². The van der Waals surface area contributed by atoms with Crippen molar-refractivity contribution in [1.29, 1.82) is 47.4 Å². The largest absolute Gasteiger partial charge is 0.192 e. The van der Waals surface area contributed by atoms with Gasteiger partial charge in [0, 0.05) is 50.1 Å². The molecular formula is C33B9N9. The van der Waals surface area contributed by atoms with E-state index in [1.165, 1.54) is 0 Å². The molecule has 9 nitrogen and oxygen atoms in total. The van der Waals surface area contributed by atoms with Gasteiger partial charge in [0.1, 0.15) is 88.8 Å². The Hall–Kier alpha value is -7.13. The average Bonchev–Trinajstić information content (AvgIpc) is 3.81. The quantitative estimate of drug-likeness (QED) is 0.201. The number of benzene rings is 3. The molecule has 0 spiro atoms. The number of allylic oxidation sites excluding steroid dienone is 6. The van der Waals surface area contributed by atoms with Gasteiger partial charge in [-0.25, -0.2) is 0 Å². The van der Waals surface area contributed by atoms with Gasteiger partial charge in [-0.15, -0.1) is 0 Å². The number of nitriles is 9. The average molecular weight is 620 g/mol. The molecule has 4 rings (SSSR count). The summed E-state index contributed by atoms with van der Waals surface area (Å²) in [6, 6.07) is 16.1. The first kappa shape index (κ1) is 36.7. The fraction of sp³-hybridized carbons (Fsp3) is 0. The molecule has 0 N–H and O–H groups in total. The summed E-state index contributed by atoms with van der Waals surface area (Å²) < 4.78 is 0. The van der Waals surface area contributed by atoms with Crippen LogP contribution in [0.5, 0.6) is 0 Å². The van der Waals surface area contributed by atoms with Gasteiger partial charge in [0.25, 0.3) is 0 Å². The summed E-state index contributed by atoms with van der Waals surface area (Å²) in [6.07, 6.45) is 0. The van der Waals surface area contributed by atoms with Gasteiger partial charge >= 0.3 is 0 Å². The second-order valence-electron chi connectivity index (χ2n) is 10.4. The SMILES string of the molecule is [B]c1c(C#N)c([B])c(C(C#N)=C2C(=C(C#N)c3c([B])c(C#N)c([B])c(C#N)c3[B])C2=C(C#N)c2c([B])c(C#N)c([B])c(C#N)c2[B])c([B])c1C#N. The van der Waals surface area contributed by atoms with Gasteiger partial charge in [-0.3, -0.25) is 0 Å². The summed E-state index contributed by atoms with van der Waals surface area (Å²) in [4.78, 5) is 0. The van der Waals surface area contributed by atoms with Crippen molar-refractivity contribution in [3.05, 3.63) is 66.8 Å². The third-order valence-electron chi connectivity index (χ3n) is 8.04. The molecule has 18 radical (unpaired) electrons. The molecule has 0 amide bonds. The van der Waals surface area contributed by atoms with E-state index in [1.807, 2.05) is 18.2 Å². The van der Waals surface area contributed by atoms with Gasteiger partial charge in [-0.05, 0) is 16.7 Å². The zero-order valence-electron chi connectivity index (χ0n) is 25.7. The van der Waals surface area contributed by atoms with Crippen molar-refractivity contribution in [2.75, 3.05) is 0 Å². The lowest BCUT2D eigenvalue weighted by atomic mass is 9.67. The second-order valence-corrected chi connectivity index (χ2v) is 10.4. The van der Waals surface area contributed by atoms with E-state index in [0.717, 1.165) is 0 Å². The molecule has 1 fully saturated rings. The molecule has 1 aliphatic carbocycles. The van der Waals surface area contributed by atoms with Crippen LogP contribution in [0.15, 0.2) is 16.7 Å². The van der Waals surface area contributed by atoms with Gasteiger partial charge in [0.2, 0.25) is 0 Å². The normalized spacial score (nSPS) is 10.8. The maximum Gasteiger partial charge on any atom is 0.117 e. The van der Waals surface area contributed by atoms with Crippen LogP contribution in [0, 0.1) is 102 Å². The van der Waals surface area contributed by atoms with Crippen molar-refractivity contribution in [1.82, 2.24) is 0 Å². The summed E-state index contributed by atoms with van der Waals surface area (Å²) in [7, 11) is 55.6. The first-order valence-corrected chi connectivity index (χ1v) is 13.6. The van der Waals surface area contributed by atoms with Gasteiger partial charge in [0.15, 0.2) is 0 Å². The first-order chi connectivity index (χ1) is 24.2. The van der Waals surface area contributed by atoms with Crippen LogP contribution < -0.4 is 49.2 Å². The highest BCUT2D eigenvalue weighted by molar-refractivity contribution is 6.52. The highest BCUT2D eigenvalue weighted by Crippen LogP contribution is 2.55. The number of nitrogens with zero attached hydrogens (tertiary/aromatic N) is 9. The van der Waals surface area contributed by atoms with E-state index < -0.39 is 82.9 Å². The van der Waals surface area contributed by atoms with E-state index in [0.29, 0.717) is 0 Å². The van der Waals surface area contributed by atoms with Crippen molar-refractivity contribution < 1.29 is 0 Å². The summed E-state index contributed by atoms with van der Waals surface area (Å²) in [5.41, 5.74) is -9.91. The van der Waals surface area contributed by atoms with Gasteiger partial charge in [-0.1, -0.05) is 49.2 Å². The highest BCUT2D eigenvalue weighted by atomic mass is 14.5. The van der Waals surface area contributed by atoms with E-state index >= 15 is 0 Å². The molecule has 3 aromatic rings. The third-order valence-corrected chi connectivity index (χ3v) is 8.04. The summed E-state index contributed by atoms with van der Waals surface area (Å²) in [5.74, 6) is 0. The smallest absolute Gasteiger partial charge is 0.117 e. The molecule has 51 heavy (non-hydrogen) atoms. The third kappa shape index (κ3) is 5.24. The molecule has 18 heteroatoms. The minimum atomic E-state index is -0.509. The minimum absolute atomic E-state index is 0.276. The topological polar surface area (TPSA) is 214 Å². The fourth-order valence-corrected chi connectivity index (χ4v) is 5.61. The Morgan fingerprint density at radius 3 is 0.549 bits per heavy atom. The summed E-state index contributed by atoms with van der Waals surface area (Å²) in [6.45, 7) is 0. The zero-order valence-corrected chi connectivity index (χ0v) is 25.7. The molecule has 0 saturated heterocycles. The van der Waals surface area contributed by atoms with Crippen LogP contribution in [0.25, 0.3) is 16.7 Å². The van der Waals surface area contributed by atoms with Crippen LogP contribution in [-0.2, 0) is 0 Å². The van der Waals surface area contributed by atoms with Crippen molar-refractivity contribution >= 4 is 137 Å². The minimum Gasteiger partial charge on any atom is -0.192 e. The van der Waals surface area contributed by atoms with Crippen LogP contribution >= 0.6 is 0 Å². The molecular weight excluding hydrogens is 620 g/mol. The predicted molar refractivity (Wildman–Crippen MR) is 194 cm³/mol. The Labute approximate surface area is 304 Å². The Morgan fingerprint density at radius 2 is 0.431 bits per heavy atom. The molecule has 1 aliphatic rings. The Kier molecular flexibility index (Phi) is 9.91. The predicted octanol–water partition coefficient (Wildman–Crippen LogP) is -5.69. The Bertz CT molecular complexity index is 2300. The second kappa shape index (κ2) is 13.8. The van der Waals surface area contributed by atoms with Crippen molar-refractivity contribution in [3.63, 3.8) is 0 Å². The Morgan fingerprint density at radius 1 is 0.275 bits per heavy atom. The Balaban J connectivity index is 2.46. The lowest BCUT2D eigenvalue weighted by molar-refractivity contribution is 1.48. The van der Waals surface area contributed by atoms with Gasteiger partial charge in [-0.2, -0.15) is 47.4 Å². The van der Waals surface area contributed by atoms with Crippen LogP contribution in [0.4, 0.5) is 0 Å². The number of hydrogen-bond donors (Lipinski definition) is 0. The molecule has 0 heterocycles. The lowest BCUT2D eigenvalue weighted by Crippen LogP contribution is -2.37. The van der Waals surface area contributed by atoms with Crippen molar-refractivity contribution in [2.24, 2.45) is 0 Å². The summed E-state index contributed by atoms with van der Waals surface area (Å²) >= 11 is 0. The van der Waals surface area contributed by atoms with Crippen LogP contribution in [-0.4, -0.2) is 70.6 Å². The number of hydrogen-bond acceptors (Lipinski definition) is 9.